The summed E-state index contributed by atoms with van der Waals surface area (Å²) in [5.41, 5.74) is 1.44. The van der Waals surface area contributed by atoms with E-state index >= 15 is 0 Å². The number of hydrogen-bond donors (Lipinski definition) is 2. The highest BCUT2D eigenvalue weighted by Crippen LogP contribution is 2.76. The molecule has 0 radical (unpaired) electrons. The van der Waals surface area contributed by atoms with Crippen molar-refractivity contribution >= 4 is 11.9 Å². The topological polar surface area (TPSA) is 77.8 Å². The van der Waals surface area contributed by atoms with Crippen molar-refractivity contribution < 1.29 is 19.8 Å². The summed E-state index contributed by atoms with van der Waals surface area (Å²) in [6, 6.07) is -0.659. The van der Waals surface area contributed by atoms with Crippen LogP contribution in [-0.2, 0) is 9.59 Å². The van der Waals surface area contributed by atoms with E-state index in [-0.39, 0.29) is 39.6 Å². The van der Waals surface area contributed by atoms with Crippen LogP contribution in [0.3, 0.4) is 0 Å². The van der Waals surface area contributed by atoms with Gasteiger partial charge in [-0.05, 0) is 122 Å². The summed E-state index contributed by atoms with van der Waals surface area (Å²) in [6.07, 6.45) is 13.1. The predicted octanol–water partition coefficient (Wildman–Crippen LogP) is 7.08. The highest BCUT2D eigenvalue weighted by atomic mass is 16.4. The Labute approximate surface area is 242 Å². The Balaban J connectivity index is 1.43. The van der Waals surface area contributed by atoms with Crippen LogP contribution in [0.15, 0.2) is 11.6 Å². The third-order valence-electron chi connectivity index (χ3n) is 15.2. The highest BCUT2D eigenvalue weighted by Gasteiger charge is 2.69. The van der Waals surface area contributed by atoms with Crippen molar-refractivity contribution in [3.63, 3.8) is 0 Å². The fourth-order valence-electron chi connectivity index (χ4n) is 12.4. The number of allylic oxidation sites excluding steroid dienone is 2. The third kappa shape index (κ3) is 3.48. The number of rotatable bonds is 2. The van der Waals surface area contributed by atoms with Crippen LogP contribution >= 0.6 is 0 Å². The number of nitrogens with zero attached hydrogens (tertiary/aromatic N) is 1. The van der Waals surface area contributed by atoms with Gasteiger partial charge in [0, 0.05) is 6.54 Å². The van der Waals surface area contributed by atoms with Gasteiger partial charge in [-0.2, -0.15) is 0 Å². The standard InChI is InChI=1S/C35H55NO4/c1-21-12-17-35(30(40)36-20-8-9-24(36)29(38)39)19-18-33(6)23(28(35)22(21)2)10-11-26-32(5)15-14-27(37)31(3,4)25(32)13-16-34(26,33)7/h10,21-22,24-28,37H,8-9,11-20H2,1-7H3,(H,38,39)/t21-,22+,24+,25+,26-,27+,28+,32+,33-,34-,35+/m1/s1. The molecule has 1 amide bonds. The molecule has 5 aliphatic carbocycles. The molecule has 2 N–H and O–H groups in total. The number of amides is 1. The van der Waals surface area contributed by atoms with Gasteiger partial charge in [0.05, 0.1) is 11.5 Å². The van der Waals surface area contributed by atoms with Crippen molar-refractivity contribution in [2.24, 2.45) is 56.7 Å². The van der Waals surface area contributed by atoms with Crippen molar-refractivity contribution in [3.05, 3.63) is 11.6 Å². The zero-order chi connectivity index (χ0) is 29.0. The Morgan fingerprint density at radius 3 is 2.33 bits per heavy atom. The average molecular weight is 554 g/mol. The SMILES string of the molecule is C[C@H]1[C@H](C)CC[C@]2(C(=O)N3CCC[C@H]3C(=O)O)CC[C@]3(C)C(=CC[C@@H]4[C@@]5(C)CC[C@H](O)C(C)(C)[C@@H]5CC[C@]43C)[C@H]12. The van der Waals surface area contributed by atoms with E-state index in [1.54, 1.807) is 10.5 Å². The van der Waals surface area contributed by atoms with Crippen LogP contribution in [0.25, 0.3) is 0 Å². The van der Waals surface area contributed by atoms with Crippen molar-refractivity contribution in [3.8, 4) is 0 Å². The second-order valence-corrected chi connectivity index (χ2v) is 16.7. The summed E-state index contributed by atoms with van der Waals surface area (Å²) in [7, 11) is 0. The van der Waals surface area contributed by atoms with Crippen molar-refractivity contribution in [1.82, 2.24) is 4.90 Å². The van der Waals surface area contributed by atoms with E-state index in [0.29, 0.717) is 36.6 Å². The van der Waals surface area contributed by atoms with E-state index in [0.717, 1.165) is 51.4 Å². The van der Waals surface area contributed by atoms with E-state index in [2.05, 4.69) is 54.5 Å². The minimum Gasteiger partial charge on any atom is -0.480 e. The molecule has 11 atom stereocenters. The van der Waals surface area contributed by atoms with Crippen LogP contribution in [0.5, 0.6) is 0 Å². The maximum atomic E-state index is 14.6. The highest BCUT2D eigenvalue weighted by molar-refractivity contribution is 5.89. The lowest BCUT2D eigenvalue weighted by Gasteiger charge is -2.71. The van der Waals surface area contributed by atoms with Gasteiger partial charge in [-0.3, -0.25) is 4.79 Å². The van der Waals surface area contributed by atoms with E-state index in [9.17, 15) is 19.8 Å². The van der Waals surface area contributed by atoms with Gasteiger partial charge >= 0.3 is 5.97 Å². The maximum Gasteiger partial charge on any atom is 0.326 e. The van der Waals surface area contributed by atoms with Crippen molar-refractivity contribution in [2.45, 2.75) is 131 Å². The molecule has 40 heavy (non-hydrogen) atoms. The smallest absolute Gasteiger partial charge is 0.326 e. The fraction of sp³-hybridized carbons (Fsp3) is 0.886. The summed E-state index contributed by atoms with van der Waals surface area (Å²) >= 11 is 0. The first kappa shape index (κ1) is 28.7. The predicted molar refractivity (Wildman–Crippen MR) is 157 cm³/mol. The number of aliphatic hydroxyl groups is 1. The normalized spacial score (nSPS) is 51.5. The molecule has 224 valence electrons. The monoisotopic (exact) mass is 553 g/mol. The van der Waals surface area contributed by atoms with Crippen molar-refractivity contribution in [1.29, 1.82) is 0 Å². The van der Waals surface area contributed by atoms with Crippen LogP contribution in [-0.4, -0.2) is 45.7 Å². The molecular weight excluding hydrogens is 498 g/mol. The molecule has 4 saturated carbocycles. The van der Waals surface area contributed by atoms with E-state index in [4.69, 9.17) is 0 Å². The number of carbonyl (C=O) groups excluding carboxylic acids is 1. The van der Waals surface area contributed by atoms with Gasteiger partial charge in [0.2, 0.25) is 5.91 Å². The van der Waals surface area contributed by atoms with Crippen molar-refractivity contribution in [2.75, 3.05) is 6.54 Å². The Kier molecular flexibility index (Phi) is 6.52. The Hall–Kier alpha value is -1.36. The second-order valence-electron chi connectivity index (χ2n) is 16.7. The van der Waals surface area contributed by atoms with Gasteiger partial charge in [0.1, 0.15) is 6.04 Å². The minimum absolute atomic E-state index is 0.0427. The zero-order valence-corrected chi connectivity index (χ0v) is 26.3. The zero-order valence-electron chi connectivity index (χ0n) is 26.3. The first-order chi connectivity index (χ1) is 18.6. The number of aliphatic carboxylic acids is 1. The molecule has 0 unspecified atom stereocenters. The maximum absolute atomic E-state index is 14.6. The largest absolute Gasteiger partial charge is 0.480 e. The summed E-state index contributed by atoms with van der Waals surface area (Å²) < 4.78 is 0. The molecule has 1 heterocycles. The Bertz CT molecular complexity index is 1110. The van der Waals surface area contributed by atoms with E-state index < -0.39 is 17.4 Å². The summed E-state index contributed by atoms with van der Waals surface area (Å²) in [6.45, 7) is 17.7. The molecule has 0 spiro atoms. The molecule has 0 aromatic carbocycles. The third-order valence-corrected chi connectivity index (χ3v) is 15.2. The molecule has 1 saturated heterocycles. The lowest BCUT2D eigenvalue weighted by molar-refractivity contribution is -0.205. The summed E-state index contributed by atoms with van der Waals surface area (Å²) in [5, 5.41) is 21.0. The number of hydrogen-bond acceptors (Lipinski definition) is 3. The summed E-state index contributed by atoms with van der Waals surface area (Å²) in [5.74, 6) is 1.58. The number of likely N-dealkylation sites (tertiary alicyclic amines) is 1. The number of fused-ring (bicyclic) bond motifs is 7. The molecule has 6 rings (SSSR count). The molecule has 0 bridgehead atoms. The van der Waals surface area contributed by atoms with E-state index in [1.165, 1.54) is 12.8 Å². The van der Waals surface area contributed by atoms with Gasteiger partial charge in [0.15, 0.2) is 0 Å². The Morgan fingerprint density at radius 1 is 0.900 bits per heavy atom. The molecule has 1 aliphatic heterocycles. The van der Waals surface area contributed by atoms with Gasteiger partial charge in [-0.15, -0.1) is 0 Å². The van der Waals surface area contributed by atoms with Crippen LogP contribution < -0.4 is 0 Å². The molecule has 5 heteroatoms. The number of carboxylic acids is 1. The number of aliphatic hydroxyl groups excluding tert-OH is 1. The lowest BCUT2D eigenvalue weighted by Crippen LogP contribution is -2.66. The molecule has 0 aromatic heterocycles. The lowest BCUT2D eigenvalue weighted by atomic mass is 9.33. The Morgan fingerprint density at radius 2 is 1.62 bits per heavy atom. The van der Waals surface area contributed by atoms with Gasteiger partial charge < -0.3 is 15.1 Å². The molecule has 6 aliphatic rings. The molecule has 0 aromatic rings. The molecular formula is C35H55NO4. The second kappa shape index (κ2) is 9.07. The van der Waals surface area contributed by atoms with Crippen LogP contribution in [0.1, 0.15) is 119 Å². The summed E-state index contributed by atoms with van der Waals surface area (Å²) in [4.78, 5) is 28.5. The van der Waals surface area contributed by atoms with Crippen LogP contribution in [0, 0.1) is 56.7 Å². The van der Waals surface area contributed by atoms with Crippen LogP contribution in [0.2, 0.25) is 0 Å². The molecule has 5 nitrogen and oxygen atoms in total. The fourth-order valence-corrected chi connectivity index (χ4v) is 12.4. The molecule has 5 fully saturated rings. The van der Waals surface area contributed by atoms with Gasteiger partial charge in [0.25, 0.3) is 0 Å². The first-order valence-corrected chi connectivity index (χ1v) is 16.6. The number of carboxylic acid groups (broad SMARTS) is 1. The van der Waals surface area contributed by atoms with Gasteiger partial charge in [-0.25, -0.2) is 4.79 Å². The number of carbonyl (C=O) groups is 2. The van der Waals surface area contributed by atoms with E-state index in [1.807, 2.05) is 0 Å². The van der Waals surface area contributed by atoms with Gasteiger partial charge in [-0.1, -0.05) is 60.1 Å². The van der Waals surface area contributed by atoms with Crippen LogP contribution in [0.4, 0.5) is 0 Å². The average Bonchev–Trinajstić information content (AvgIpc) is 3.39. The first-order valence-electron chi connectivity index (χ1n) is 16.6. The minimum atomic E-state index is -0.838. The quantitative estimate of drug-likeness (QED) is 0.358.